The van der Waals surface area contributed by atoms with Crippen molar-refractivity contribution in [2.24, 2.45) is 0 Å². The highest BCUT2D eigenvalue weighted by molar-refractivity contribution is 6.04. The van der Waals surface area contributed by atoms with E-state index >= 15 is 0 Å². The van der Waals surface area contributed by atoms with E-state index < -0.39 is 5.60 Å². The summed E-state index contributed by atoms with van der Waals surface area (Å²) in [6.07, 6.45) is 0.679. The number of hydrogen-bond acceptors (Lipinski definition) is 3. The molecule has 0 bridgehead atoms. The maximum absolute atomic E-state index is 12.5. The molecule has 0 radical (unpaired) electrons. The van der Waals surface area contributed by atoms with Crippen LogP contribution in [0.1, 0.15) is 45.1 Å². The van der Waals surface area contributed by atoms with Gasteiger partial charge in [-0.05, 0) is 74.2 Å². The third kappa shape index (κ3) is 3.25. The predicted molar refractivity (Wildman–Crippen MR) is 115 cm³/mol. The van der Waals surface area contributed by atoms with Crippen molar-refractivity contribution in [3.05, 3.63) is 88.0 Å². The number of benzene rings is 3. The van der Waals surface area contributed by atoms with Gasteiger partial charge in [0.25, 0.3) is 5.91 Å². The summed E-state index contributed by atoms with van der Waals surface area (Å²) in [5.41, 5.74) is 5.60. The summed E-state index contributed by atoms with van der Waals surface area (Å²) in [5.74, 6) is 1.07. The van der Waals surface area contributed by atoms with Crippen LogP contribution in [0.15, 0.2) is 54.6 Å². The Morgan fingerprint density at radius 2 is 1.62 bits per heavy atom. The molecule has 2 N–H and O–H groups in total. The summed E-state index contributed by atoms with van der Waals surface area (Å²) in [5, 5.41) is 13.3. The minimum absolute atomic E-state index is 0.143. The van der Waals surface area contributed by atoms with Crippen molar-refractivity contribution >= 4 is 11.6 Å². The van der Waals surface area contributed by atoms with Gasteiger partial charge in [-0.2, -0.15) is 0 Å². The van der Waals surface area contributed by atoms with Crippen LogP contribution in [-0.4, -0.2) is 11.0 Å². The standard InChI is InChI=1S/C25H25NO3/c1-15-16(2)23-21(17(3)22(15)27)14-25(4,29-23)19-12-10-18(11-13-19)24(28)26-20-8-6-5-7-9-20/h5-13,27H,14H2,1-4H3,(H,26,28). The molecule has 0 fully saturated rings. The van der Waals surface area contributed by atoms with Gasteiger partial charge >= 0.3 is 0 Å². The number of carbonyl (C=O) groups excluding carboxylic acids is 1. The molecule has 1 atom stereocenters. The van der Waals surface area contributed by atoms with E-state index in [1.165, 1.54) is 0 Å². The lowest BCUT2D eigenvalue weighted by Gasteiger charge is -2.25. The van der Waals surface area contributed by atoms with Gasteiger partial charge in [0.15, 0.2) is 0 Å². The Balaban J connectivity index is 1.59. The van der Waals surface area contributed by atoms with Crippen LogP contribution in [0.25, 0.3) is 0 Å². The Hall–Kier alpha value is -3.27. The van der Waals surface area contributed by atoms with E-state index in [1.54, 1.807) is 0 Å². The van der Waals surface area contributed by atoms with Crippen LogP contribution in [0.4, 0.5) is 5.69 Å². The molecule has 0 saturated carbocycles. The summed E-state index contributed by atoms with van der Waals surface area (Å²) in [4.78, 5) is 12.5. The normalized spacial score (nSPS) is 17.5. The number of phenols is 1. The second kappa shape index (κ2) is 6.96. The van der Waals surface area contributed by atoms with Gasteiger partial charge in [-0.1, -0.05) is 30.3 Å². The van der Waals surface area contributed by atoms with Gasteiger partial charge in [-0.3, -0.25) is 4.79 Å². The quantitative estimate of drug-likeness (QED) is 0.631. The van der Waals surface area contributed by atoms with Crippen molar-refractivity contribution in [2.75, 3.05) is 5.32 Å². The average Bonchev–Trinajstić information content (AvgIpc) is 3.11. The number of phenolic OH excluding ortho intramolecular Hbond substituents is 1. The molecule has 1 amide bonds. The molecule has 1 aliphatic rings. The van der Waals surface area contributed by atoms with Crippen LogP contribution in [0.3, 0.4) is 0 Å². The number of anilines is 1. The first-order chi connectivity index (χ1) is 13.8. The molecule has 3 aromatic rings. The highest BCUT2D eigenvalue weighted by Crippen LogP contribution is 2.48. The number of hydrogen-bond donors (Lipinski definition) is 2. The van der Waals surface area contributed by atoms with Crippen molar-refractivity contribution in [3.8, 4) is 11.5 Å². The Morgan fingerprint density at radius 3 is 2.28 bits per heavy atom. The van der Waals surface area contributed by atoms with E-state index in [0.717, 1.165) is 39.3 Å². The molecule has 29 heavy (non-hydrogen) atoms. The lowest BCUT2D eigenvalue weighted by Crippen LogP contribution is -2.27. The summed E-state index contributed by atoms with van der Waals surface area (Å²) >= 11 is 0. The van der Waals surface area contributed by atoms with Gasteiger partial charge in [0, 0.05) is 23.2 Å². The summed E-state index contributed by atoms with van der Waals surface area (Å²) in [7, 11) is 0. The van der Waals surface area contributed by atoms with E-state index in [-0.39, 0.29) is 5.91 Å². The Morgan fingerprint density at radius 1 is 0.966 bits per heavy atom. The summed E-state index contributed by atoms with van der Waals surface area (Å²) < 4.78 is 6.41. The number of rotatable bonds is 3. The number of aromatic hydroxyl groups is 1. The molecule has 4 heteroatoms. The van der Waals surface area contributed by atoms with E-state index in [4.69, 9.17) is 4.74 Å². The average molecular weight is 387 g/mol. The number of nitrogens with one attached hydrogen (secondary N) is 1. The smallest absolute Gasteiger partial charge is 0.255 e. The molecular formula is C25H25NO3. The monoisotopic (exact) mass is 387 g/mol. The van der Waals surface area contributed by atoms with Crippen LogP contribution in [0.2, 0.25) is 0 Å². The zero-order valence-electron chi connectivity index (χ0n) is 17.2. The number of fused-ring (bicyclic) bond motifs is 1. The van der Waals surface area contributed by atoms with Crippen molar-refractivity contribution in [3.63, 3.8) is 0 Å². The predicted octanol–water partition coefficient (Wildman–Crippen LogP) is 5.42. The molecule has 148 valence electrons. The van der Waals surface area contributed by atoms with Crippen LogP contribution in [0, 0.1) is 20.8 Å². The highest BCUT2D eigenvalue weighted by atomic mass is 16.5. The van der Waals surface area contributed by atoms with Gasteiger partial charge in [-0.15, -0.1) is 0 Å². The second-order valence-corrected chi connectivity index (χ2v) is 7.94. The van der Waals surface area contributed by atoms with E-state index in [2.05, 4.69) is 12.2 Å². The number of carbonyl (C=O) groups is 1. The molecule has 1 unspecified atom stereocenters. The van der Waals surface area contributed by atoms with Crippen LogP contribution in [-0.2, 0) is 12.0 Å². The van der Waals surface area contributed by atoms with Crippen LogP contribution in [0.5, 0.6) is 11.5 Å². The topological polar surface area (TPSA) is 58.6 Å². The number of ether oxygens (including phenoxy) is 1. The van der Waals surface area contributed by atoms with Crippen molar-refractivity contribution in [1.82, 2.24) is 0 Å². The van der Waals surface area contributed by atoms with Gasteiger partial charge in [0.2, 0.25) is 0 Å². The minimum Gasteiger partial charge on any atom is -0.507 e. The second-order valence-electron chi connectivity index (χ2n) is 7.94. The minimum atomic E-state index is -0.535. The van der Waals surface area contributed by atoms with Gasteiger partial charge in [0.1, 0.15) is 17.1 Å². The Kier molecular flexibility index (Phi) is 4.58. The molecule has 3 aromatic carbocycles. The SMILES string of the molecule is Cc1c(C)c2c(c(C)c1O)CC(C)(c1ccc(C(=O)Nc3ccccc3)cc1)O2. The lowest BCUT2D eigenvalue weighted by molar-refractivity contribution is 0.102. The zero-order valence-corrected chi connectivity index (χ0v) is 17.2. The Bertz CT molecular complexity index is 1050. The van der Waals surface area contributed by atoms with E-state index in [0.29, 0.717) is 17.7 Å². The largest absolute Gasteiger partial charge is 0.507 e. The summed E-state index contributed by atoms with van der Waals surface area (Å²) in [6, 6.07) is 17.0. The molecule has 0 aliphatic carbocycles. The Labute approximate surface area is 171 Å². The van der Waals surface area contributed by atoms with Crippen LogP contribution < -0.4 is 10.1 Å². The fourth-order valence-corrected chi connectivity index (χ4v) is 3.98. The maximum Gasteiger partial charge on any atom is 0.255 e. The third-order valence-electron chi connectivity index (χ3n) is 5.97. The fraction of sp³-hybridized carbons (Fsp3) is 0.240. The fourth-order valence-electron chi connectivity index (χ4n) is 3.98. The first-order valence-corrected chi connectivity index (χ1v) is 9.78. The molecule has 1 heterocycles. The highest BCUT2D eigenvalue weighted by Gasteiger charge is 2.39. The van der Waals surface area contributed by atoms with Crippen molar-refractivity contribution < 1.29 is 14.6 Å². The van der Waals surface area contributed by atoms with Crippen molar-refractivity contribution in [1.29, 1.82) is 0 Å². The molecule has 0 aromatic heterocycles. The van der Waals surface area contributed by atoms with Gasteiger partial charge in [0.05, 0.1) is 0 Å². The maximum atomic E-state index is 12.5. The number of para-hydroxylation sites is 1. The van der Waals surface area contributed by atoms with E-state index in [9.17, 15) is 9.90 Å². The zero-order chi connectivity index (χ0) is 20.8. The van der Waals surface area contributed by atoms with E-state index in [1.807, 2.05) is 75.4 Å². The van der Waals surface area contributed by atoms with Gasteiger partial charge < -0.3 is 15.2 Å². The van der Waals surface area contributed by atoms with Gasteiger partial charge in [-0.25, -0.2) is 0 Å². The molecule has 0 spiro atoms. The molecule has 0 saturated heterocycles. The first-order valence-electron chi connectivity index (χ1n) is 9.78. The molecule has 4 nitrogen and oxygen atoms in total. The van der Waals surface area contributed by atoms with Crippen LogP contribution >= 0.6 is 0 Å². The molecular weight excluding hydrogens is 362 g/mol. The summed E-state index contributed by atoms with van der Waals surface area (Å²) in [6.45, 7) is 7.89. The molecule has 1 aliphatic heterocycles. The lowest BCUT2D eigenvalue weighted by atomic mass is 9.88. The number of amides is 1. The third-order valence-corrected chi connectivity index (χ3v) is 5.97. The van der Waals surface area contributed by atoms with Crippen molar-refractivity contribution in [2.45, 2.75) is 39.7 Å². The molecule has 4 rings (SSSR count). The first kappa shape index (κ1) is 19.1.